The van der Waals surface area contributed by atoms with Gasteiger partial charge < -0.3 is 14.4 Å². The first-order valence-corrected chi connectivity index (χ1v) is 9.26. The van der Waals surface area contributed by atoms with Gasteiger partial charge in [-0.05, 0) is 37.6 Å². The molecule has 23 heavy (non-hydrogen) atoms. The molecule has 0 amide bonds. The molecule has 0 radical (unpaired) electrons. The first kappa shape index (κ1) is 17.9. The molecule has 6 nitrogen and oxygen atoms in total. The van der Waals surface area contributed by atoms with Crippen molar-refractivity contribution in [3.63, 3.8) is 0 Å². The highest BCUT2D eigenvalue weighted by Gasteiger charge is 2.37. The number of nitrogens with one attached hydrogen (secondary N) is 1. The Kier molecular flexibility index (Phi) is 6.54. The first-order chi connectivity index (χ1) is 11.1. The molecule has 1 atom stereocenters. The molecular weight excluding hydrogens is 337 g/mol. The quantitative estimate of drug-likeness (QED) is 0.702. The van der Waals surface area contributed by atoms with Gasteiger partial charge in [0.05, 0.1) is 13.2 Å². The Morgan fingerprint density at radius 3 is 2.22 bits per heavy atom. The van der Waals surface area contributed by atoms with Gasteiger partial charge in [0.2, 0.25) is 5.95 Å². The highest BCUT2D eigenvalue weighted by atomic mass is 35.5. The van der Waals surface area contributed by atoms with E-state index in [1.165, 1.54) is 0 Å². The Hall–Kier alpha value is -1.46. The zero-order valence-electron chi connectivity index (χ0n) is 13.0. The van der Waals surface area contributed by atoms with Gasteiger partial charge in [0, 0.05) is 17.4 Å². The second-order valence-electron chi connectivity index (χ2n) is 4.55. The van der Waals surface area contributed by atoms with E-state index < -0.39 is 13.4 Å². The standard InChI is InChI=1S/C15H19ClN3O3P/c1-3-21-23(20,22-4-2)14(12-6-8-13(16)9-7-12)19-15-17-10-5-11-18-15/h5-11,14H,3-4H2,1-2H3,(H,17,18,19). The molecule has 0 saturated carbocycles. The van der Waals surface area contributed by atoms with Crippen LogP contribution in [0.2, 0.25) is 5.02 Å². The summed E-state index contributed by atoms with van der Waals surface area (Å²) in [5.74, 6) is -0.394. The lowest BCUT2D eigenvalue weighted by atomic mass is 10.2. The maximum absolute atomic E-state index is 13.2. The fourth-order valence-electron chi connectivity index (χ4n) is 2.03. The average molecular weight is 356 g/mol. The molecule has 0 aliphatic heterocycles. The molecule has 0 spiro atoms. The van der Waals surface area contributed by atoms with E-state index in [-0.39, 0.29) is 13.2 Å². The van der Waals surface area contributed by atoms with Crippen LogP contribution in [0, 0.1) is 0 Å². The molecule has 8 heteroatoms. The minimum atomic E-state index is -3.47. The van der Waals surface area contributed by atoms with Crippen molar-refractivity contribution in [3.8, 4) is 0 Å². The van der Waals surface area contributed by atoms with E-state index in [0.717, 1.165) is 0 Å². The van der Waals surface area contributed by atoms with Crippen molar-refractivity contribution < 1.29 is 13.6 Å². The van der Waals surface area contributed by atoms with Gasteiger partial charge in [-0.25, -0.2) is 9.97 Å². The molecular formula is C15H19ClN3O3P. The van der Waals surface area contributed by atoms with Crippen molar-refractivity contribution >= 4 is 25.1 Å². The van der Waals surface area contributed by atoms with Gasteiger partial charge in [-0.3, -0.25) is 4.57 Å². The van der Waals surface area contributed by atoms with Crippen LogP contribution >= 0.6 is 19.2 Å². The van der Waals surface area contributed by atoms with Crippen LogP contribution in [0.3, 0.4) is 0 Å². The predicted molar refractivity (Wildman–Crippen MR) is 90.7 cm³/mol. The SMILES string of the molecule is CCOP(=O)(OCC)C(Nc1ncccn1)c1ccc(Cl)cc1. The Morgan fingerprint density at radius 2 is 1.70 bits per heavy atom. The van der Waals surface area contributed by atoms with Crippen molar-refractivity contribution in [2.24, 2.45) is 0 Å². The molecule has 1 aromatic carbocycles. The first-order valence-electron chi connectivity index (χ1n) is 7.27. The van der Waals surface area contributed by atoms with Gasteiger partial charge in [-0.15, -0.1) is 0 Å². The zero-order valence-corrected chi connectivity index (χ0v) is 14.6. The number of nitrogens with zero attached hydrogens (tertiary/aromatic N) is 2. The molecule has 1 N–H and O–H groups in total. The fourth-order valence-corrected chi connectivity index (χ4v) is 4.06. The van der Waals surface area contributed by atoms with E-state index in [1.807, 2.05) is 0 Å². The summed E-state index contributed by atoms with van der Waals surface area (Å²) in [5.41, 5.74) is 0.715. The van der Waals surface area contributed by atoms with Gasteiger partial charge in [-0.1, -0.05) is 23.7 Å². The van der Waals surface area contributed by atoms with Gasteiger partial charge in [-0.2, -0.15) is 0 Å². The van der Waals surface area contributed by atoms with E-state index in [0.29, 0.717) is 16.5 Å². The number of aromatic nitrogens is 2. The summed E-state index contributed by atoms with van der Waals surface area (Å²) in [6, 6.07) is 8.69. The normalized spacial score (nSPS) is 12.8. The van der Waals surface area contributed by atoms with Crippen molar-refractivity contribution in [1.82, 2.24) is 9.97 Å². The summed E-state index contributed by atoms with van der Waals surface area (Å²) in [4.78, 5) is 8.23. The number of benzene rings is 1. The second kappa shape index (κ2) is 8.41. The van der Waals surface area contributed by atoms with E-state index in [4.69, 9.17) is 20.6 Å². The van der Waals surface area contributed by atoms with Gasteiger partial charge in [0.1, 0.15) is 0 Å². The Balaban J connectivity index is 2.40. The van der Waals surface area contributed by atoms with Crippen LogP contribution in [0.25, 0.3) is 0 Å². The summed E-state index contributed by atoms with van der Waals surface area (Å²) in [6.07, 6.45) is 3.20. The molecule has 1 heterocycles. The number of rotatable bonds is 8. The third-order valence-corrected chi connectivity index (χ3v) is 5.50. The van der Waals surface area contributed by atoms with Gasteiger partial charge in [0.25, 0.3) is 0 Å². The van der Waals surface area contributed by atoms with Crippen LogP contribution in [0.1, 0.15) is 25.2 Å². The fraction of sp³-hybridized carbons (Fsp3) is 0.333. The van der Waals surface area contributed by atoms with Crippen LogP contribution in [0.5, 0.6) is 0 Å². The zero-order chi connectivity index (χ0) is 16.7. The van der Waals surface area contributed by atoms with E-state index >= 15 is 0 Å². The van der Waals surface area contributed by atoms with Crippen LogP contribution in [0.15, 0.2) is 42.7 Å². The van der Waals surface area contributed by atoms with Crippen molar-refractivity contribution in [1.29, 1.82) is 0 Å². The van der Waals surface area contributed by atoms with Crippen molar-refractivity contribution in [3.05, 3.63) is 53.3 Å². The number of halogens is 1. The summed E-state index contributed by atoms with van der Waals surface area (Å²) in [6.45, 7) is 4.06. The number of hydrogen-bond donors (Lipinski definition) is 1. The second-order valence-corrected chi connectivity index (χ2v) is 7.10. The monoisotopic (exact) mass is 355 g/mol. The van der Waals surface area contributed by atoms with Gasteiger partial charge >= 0.3 is 7.60 Å². The van der Waals surface area contributed by atoms with Crippen LogP contribution in [-0.2, 0) is 13.6 Å². The highest BCUT2D eigenvalue weighted by molar-refractivity contribution is 7.54. The topological polar surface area (TPSA) is 73.3 Å². The summed E-state index contributed by atoms with van der Waals surface area (Å²) in [7, 11) is -3.47. The maximum Gasteiger partial charge on any atom is 0.357 e. The molecule has 0 fully saturated rings. The predicted octanol–water partition coefficient (Wildman–Crippen LogP) is 4.51. The van der Waals surface area contributed by atoms with Crippen molar-refractivity contribution in [2.45, 2.75) is 19.6 Å². The molecule has 2 aromatic rings. The number of hydrogen-bond acceptors (Lipinski definition) is 6. The van der Waals surface area contributed by atoms with E-state index in [1.54, 1.807) is 56.6 Å². The Morgan fingerprint density at radius 1 is 1.13 bits per heavy atom. The molecule has 1 unspecified atom stereocenters. The third-order valence-electron chi connectivity index (χ3n) is 2.95. The van der Waals surface area contributed by atoms with E-state index in [9.17, 15) is 4.57 Å². The van der Waals surface area contributed by atoms with Crippen molar-refractivity contribution in [2.75, 3.05) is 18.5 Å². The molecule has 0 saturated heterocycles. The van der Waals surface area contributed by atoms with Gasteiger partial charge in [0.15, 0.2) is 5.78 Å². The van der Waals surface area contributed by atoms with E-state index in [2.05, 4.69) is 15.3 Å². The lowest BCUT2D eigenvalue weighted by molar-refractivity contribution is 0.214. The van der Waals surface area contributed by atoms with Crippen LogP contribution in [0.4, 0.5) is 5.95 Å². The maximum atomic E-state index is 13.2. The molecule has 0 aliphatic rings. The minimum Gasteiger partial charge on any atom is -0.336 e. The van der Waals surface area contributed by atoms with Crippen LogP contribution < -0.4 is 5.32 Å². The molecule has 2 rings (SSSR count). The summed E-state index contributed by atoms with van der Waals surface area (Å²) in [5, 5.41) is 3.64. The Labute approximate surface area is 140 Å². The molecule has 1 aromatic heterocycles. The summed E-state index contributed by atoms with van der Waals surface area (Å²) >= 11 is 5.94. The molecule has 124 valence electrons. The minimum absolute atomic E-state index is 0.263. The Bertz CT molecular complexity index is 645. The molecule has 0 aliphatic carbocycles. The lowest BCUT2D eigenvalue weighted by Gasteiger charge is -2.27. The molecule has 0 bridgehead atoms. The largest absolute Gasteiger partial charge is 0.357 e. The summed E-state index contributed by atoms with van der Waals surface area (Å²) < 4.78 is 24.1. The number of anilines is 1. The smallest absolute Gasteiger partial charge is 0.336 e. The van der Waals surface area contributed by atoms with Crippen LogP contribution in [-0.4, -0.2) is 23.2 Å². The lowest BCUT2D eigenvalue weighted by Crippen LogP contribution is -2.16. The average Bonchev–Trinajstić information content (AvgIpc) is 2.55. The highest BCUT2D eigenvalue weighted by Crippen LogP contribution is 2.60. The third kappa shape index (κ3) is 4.75.